The molecule has 1 aliphatic heterocycles. The molecule has 0 saturated heterocycles. The summed E-state index contributed by atoms with van der Waals surface area (Å²) < 4.78 is 5.89. The summed E-state index contributed by atoms with van der Waals surface area (Å²) >= 11 is 1.26. The van der Waals surface area contributed by atoms with Crippen molar-refractivity contribution in [2.24, 2.45) is 0 Å². The Balaban J connectivity index is 1.42. The highest BCUT2D eigenvalue weighted by atomic mass is 32.1. The first-order chi connectivity index (χ1) is 15.4. The fourth-order valence-electron chi connectivity index (χ4n) is 3.28. The maximum atomic E-state index is 12.5. The van der Waals surface area contributed by atoms with Crippen molar-refractivity contribution in [3.8, 4) is 17.0 Å². The molecule has 0 saturated carbocycles. The van der Waals surface area contributed by atoms with Crippen LogP contribution in [0.5, 0.6) is 5.75 Å². The summed E-state index contributed by atoms with van der Waals surface area (Å²) in [6, 6.07) is 14.1. The van der Waals surface area contributed by atoms with Gasteiger partial charge in [-0.2, -0.15) is 0 Å². The van der Waals surface area contributed by atoms with Crippen LogP contribution in [0.2, 0.25) is 0 Å². The lowest BCUT2D eigenvalue weighted by Gasteiger charge is -2.13. The van der Waals surface area contributed by atoms with Gasteiger partial charge in [-0.25, -0.2) is 4.98 Å². The molecule has 1 aliphatic rings. The fourth-order valence-corrected chi connectivity index (χ4v) is 4.01. The molecule has 0 unspecified atom stereocenters. The second kappa shape index (κ2) is 9.29. The summed E-state index contributed by atoms with van der Waals surface area (Å²) in [5.41, 5.74) is 2.12. The van der Waals surface area contributed by atoms with Gasteiger partial charge in [0.25, 0.3) is 11.8 Å². The number of nitrogens with one attached hydrogen (secondary N) is 1. The Kier molecular flexibility index (Phi) is 6.29. The van der Waals surface area contributed by atoms with Crippen LogP contribution in [0.1, 0.15) is 20.7 Å². The minimum Gasteiger partial charge on any atom is -0.492 e. The topological polar surface area (TPSA) is 91.8 Å². The van der Waals surface area contributed by atoms with Gasteiger partial charge < -0.3 is 15.0 Å². The van der Waals surface area contributed by atoms with E-state index in [-0.39, 0.29) is 6.54 Å². The van der Waals surface area contributed by atoms with Crippen molar-refractivity contribution in [1.29, 1.82) is 0 Å². The number of amides is 3. The van der Waals surface area contributed by atoms with Crippen LogP contribution in [0.4, 0.5) is 5.13 Å². The molecule has 0 fully saturated rings. The maximum absolute atomic E-state index is 12.5. The van der Waals surface area contributed by atoms with Gasteiger partial charge >= 0.3 is 0 Å². The van der Waals surface area contributed by atoms with E-state index >= 15 is 0 Å². The first-order valence-corrected chi connectivity index (χ1v) is 10.9. The number of carbonyl (C=O) groups excluding carboxylic acids is 3. The van der Waals surface area contributed by atoms with Crippen molar-refractivity contribution in [1.82, 2.24) is 14.8 Å². The van der Waals surface area contributed by atoms with Crippen LogP contribution in [-0.2, 0) is 4.79 Å². The summed E-state index contributed by atoms with van der Waals surface area (Å²) in [4.78, 5) is 44.9. The highest BCUT2D eigenvalue weighted by molar-refractivity contribution is 7.14. The smallest absolute Gasteiger partial charge is 0.262 e. The predicted molar refractivity (Wildman–Crippen MR) is 122 cm³/mol. The number of thiazole rings is 1. The van der Waals surface area contributed by atoms with E-state index in [1.54, 1.807) is 24.3 Å². The Morgan fingerprint density at radius 1 is 1.03 bits per heavy atom. The number of benzene rings is 2. The number of anilines is 1. The van der Waals surface area contributed by atoms with E-state index in [4.69, 9.17) is 4.74 Å². The van der Waals surface area contributed by atoms with Gasteiger partial charge in [0.05, 0.1) is 16.8 Å². The number of fused-ring (bicyclic) bond motifs is 1. The minimum absolute atomic E-state index is 0.313. The van der Waals surface area contributed by atoms with Crippen LogP contribution in [0.15, 0.2) is 53.9 Å². The molecule has 1 N–H and O–H groups in total. The van der Waals surface area contributed by atoms with Crippen molar-refractivity contribution in [3.63, 3.8) is 0 Å². The Hall–Kier alpha value is -3.56. The van der Waals surface area contributed by atoms with E-state index in [2.05, 4.69) is 10.3 Å². The zero-order valence-corrected chi connectivity index (χ0v) is 18.5. The maximum Gasteiger partial charge on any atom is 0.262 e. The van der Waals surface area contributed by atoms with Gasteiger partial charge in [-0.3, -0.25) is 19.3 Å². The molecular formula is C23H22N4O4S. The zero-order chi connectivity index (χ0) is 22.7. The Morgan fingerprint density at radius 3 is 2.31 bits per heavy atom. The van der Waals surface area contributed by atoms with Crippen molar-refractivity contribution in [2.75, 3.05) is 39.1 Å². The second-order valence-electron chi connectivity index (χ2n) is 7.48. The van der Waals surface area contributed by atoms with Crippen LogP contribution in [-0.4, -0.2) is 66.3 Å². The highest BCUT2D eigenvalue weighted by Crippen LogP contribution is 2.32. The summed E-state index contributed by atoms with van der Waals surface area (Å²) in [7, 11) is 3.96. The number of imide groups is 1. The molecule has 0 radical (unpaired) electrons. The lowest BCUT2D eigenvalue weighted by atomic mass is 10.1. The van der Waals surface area contributed by atoms with Gasteiger partial charge in [-0.05, 0) is 38.4 Å². The van der Waals surface area contributed by atoms with Gasteiger partial charge in [0, 0.05) is 17.5 Å². The normalized spacial score (nSPS) is 12.9. The number of hydrogen-bond donors (Lipinski definition) is 1. The summed E-state index contributed by atoms with van der Waals surface area (Å²) in [5, 5.41) is 4.88. The van der Waals surface area contributed by atoms with Gasteiger partial charge in [0.2, 0.25) is 5.91 Å². The standard InChI is InChI=1S/C23H22N4O4S/c1-26(2)11-12-31-19-10-6-5-9-17(19)18-14-32-23(24-18)25-20(28)13-27-21(29)15-7-3-4-8-16(15)22(27)30/h3-10,14H,11-13H2,1-2H3,(H,24,25,28). The second-order valence-corrected chi connectivity index (χ2v) is 8.33. The first-order valence-electron chi connectivity index (χ1n) is 10.0. The van der Waals surface area contributed by atoms with E-state index in [0.717, 1.165) is 17.0 Å². The number of nitrogens with zero attached hydrogens (tertiary/aromatic N) is 3. The number of likely N-dealkylation sites (N-methyl/N-ethyl adjacent to an activating group) is 1. The number of aromatic nitrogens is 1. The molecular weight excluding hydrogens is 428 g/mol. The first kappa shape index (κ1) is 21.7. The van der Waals surface area contributed by atoms with E-state index in [0.29, 0.717) is 34.3 Å². The summed E-state index contributed by atoms with van der Waals surface area (Å²) in [6.45, 7) is 0.952. The average molecular weight is 451 g/mol. The highest BCUT2D eigenvalue weighted by Gasteiger charge is 2.36. The number of rotatable bonds is 8. The Bertz CT molecular complexity index is 1140. The third-order valence-corrected chi connectivity index (χ3v) is 5.65. The molecule has 164 valence electrons. The molecule has 0 spiro atoms. The Labute approximate surface area is 189 Å². The van der Waals surface area contributed by atoms with Crippen LogP contribution >= 0.6 is 11.3 Å². The average Bonchev–Trinajstić information content (AvgIpc) is 3.33. The van der Waals surface area contributed by atoms with Gasteiger partial charge in [0.15, 0.2) is 5.13 Å². The van der Waals surface area contributed by atoms with Crippen molar-refractivity contribution in [2.45, 2.75) is 0 Å². The van der Waals surface area contributed by atoms with E-state index < -0.39 is 17.7 Å². The SMILES string of the molecule is CN(C)CCOc1ccccc1-c1csc(NC(=O)CN2C(=O)c3ccccc3C2=O)n1. The van der Waals surface area contributed by atoms with Crippen LogP contribution in [0.25, 0.3) is 11.3 Å². The number of para-hydroxylation sites is 1. The summed E-state index contributed by atoms with van der Waals surface area (Å²) in [6.07, 6.45) is 0. The molecule has 8 nitrogen and oxygen atoms in total. The van der Waals surface area contributed by atoms with E-state index in [1.165, 1.54) is 11.3 Å². The fraction of sp³-hybridized carbons (Fsp3) is 0.217. The van der Waals surface area contributed by atoms with Crippen molar-refractivity contribution < 1.29 is 19.1 Å². The van der Waals surface area contributed by atoms with Gasteiger partial charge in [-0.15, -0.1) is 11.3 Å². The van der Waals surface area contributed by atoms with Gasteiger partial charge in [-0.1, -0.05) is 24.3 Å². The molecule has 0 bridgehead atoms. The number of carbonyl (C=O) groups is 3. The molecule has 2 aromatic carbocycles. The van der Waals surface area contributed by atoms with Crippen molar-refractivity contribution >= 4 is 34.2 Å². The van der Waals surface area contributed by atoms with E-state index in [1.807, 2.05) is 48.6 Å². The third kappa shape index (κ3) is 4.53. The third-order valence-electron chi connectivity index (χ3n) is 4.89. The van der Waals surface area contributed by atoms with Crippen LogP contribution in [0.3, 0.4) is 0 Å². The number of ether oxygens (including phenoxy) is 1. The lowest BCUT2D eigenvalue weighted by Crippen LogP contribution is -2.37. The molecule has 4 rings (SSSR count). The molecule has 0 atom stereocenters. The van der Waals surface area contributed by atoms with E-state index in [9.17, 15) is 14.4 Å². The summed E-state index contributed by atoms with van der Waals surface area (Å²) in [5.74, 6) is -0.715. The van der Waals surface area contributed by atoms with Crippen LogP contribution in [0, 0.1) is 0 Å². The predicted octanol–water partition coefficient (Wildman–Crippen LogP) is 2.99. The quantitative estimate of drug-likeness (QED) is 0.531. The molecule has 2 heterocycles. The molecule has 0 aliphatic carbocycles. The lowest BCUT2D eigenvalue weighted by molar-refractivity contribution is -0.116. The number of hydrogen-bond acceptors (Lipinski definition) is 7. The molecule has 1 aromatic heterocycles. The monoisotopic (exact) mass is 450 g/mol. The molecule has 9 heteroatoms. The minimum atomic E-state index is -0.490. The van der Waals surface area contributed by atoms with Crippen molar-refractivity contribution in [3.05, 3.63) is 65.0 Å². The molecule has 3 amide bonds. The van der Waals surface area contributed by atoms with Crippen LogP contribution < -0.4 is 10.1 Å². The zero-order valence-electron chi connectivity index (χ0n) is 17.7. The Morgan fingerprint density at radius 2 is 1.66 bits per heavy atom. The molecule has 3 aromatic rings. The largest absolute Gasteiger partial charge is 0.492 e. The van der Waals surface area contributed by atoms with Gasteiger partial charge in [0.1, 0.15) is 18.9 Å². The molecule has 32 heavy (non-hydrogen) atoms.